The number of carbonyl (C=O) groups excluding carboxylic acids is 1. The van der Waals surface area contributed by atoms with Crippen LogP contribution in [0.4, 0.5) is 17.6 Å². The number of carboxylic acid groups (broad SMARTS) is 2. The molecular formula is C20H25N5O5S. The van der Waals surface area contributed by atoms with Gasteiger partial charge in [0.25, 0.3) is 0 Å². The molecule has 2 atom stereocenters. The number of hydrogen-bond donors (Lipinski definition) is 5. The van der Waals surface area contributed by atoms with Crippen LogP contribution in [-0.4, -0.2) is 44.4 Å². The number of thiophene rings is 1. The Bertz CT molecular complexity index is 992. The average molecular weight is 448 g/mol. The summed E-state index contributed by atoms with van der Waals surface area (Å²) in [5, 5.41) is 21.2. The van der Waals surface area contributed by atoms with Crippen molar-refractivity contribution >= 4 is 46.6 Å². The van der Waals surface area contributed by atoms with Crippen LogP contribution in [0.3, 0.4) is 0 Å². The highest BCUT2D eigenvalue weighted by Gasteiger charge is 2.25. The largest absolute Gasteiger partial charge is 0.481 e. The first-order valence-corrected chi connectivity index (χ1v) is 10.8. The molecule has 0 aliphatic carbocycles. The van der Waals surface area contributed by atoms with Crippen molar-refractivity contribution in [3.63, 3.8) is 0 Å². The number of rotatable bonds is 10. The van der Waals surface area contributed by atoms with Gasteiger partial charge in [-0.15, -0.1) is 11.3 Å². The standard InChI is InChI=1S/C20H25N5O5S/c21-17-13-7-10(9-23-18(13)25-20(22)24-17)1-3-12-4-5-15(31-12)14(26)8-11(19(29)30)2-6-16(27)28/h4-5,10-11H,1-3,6-9H2,(H,27,28)(H,29,30)(H5,21,22,23,24,25). The normalized spacial score (nSPS) is 16.2. The quantitative estimate of drug-likeness (QED) is 0.338. The molecule has 3 heterocycles. The van der Waals surface area contributed by atoms with Gasteiger partial charge in [-0.1, -0.05) is 0 Å². The second-order valence-electron chi connectivity index (χ2n) is 7.64. The van der Waals surface area contributed by atoms with Crippen molar-refractivity contribution in [3.8, 4) is 0 Å². The van der Waals surface area contributed by atoms with Crippen LogP contribution in [0, 0.1) is 11.8 Å². The molecule has 7 N–H and O–H groups in total. The van der Waals surface area contributed by atoms with Gasteiger partial charge in [-0.3, -0.25) is 14.4 Å². The number of aliphatic carboxylic acids is 2. The van der Waals surface area contributed by atoms with Crippen LogP contribution >= 0.6 is 11.3 Å². The first-order valence-electron chi connectivity index (χ1n) is 9.95. The van der Waals surface area contributed by atoms with E-state index in [0.717, 1.165) is 36.2 Å². The van der Waals surface area contributed by atoms with Gasteiger partial charge >= 0.3 is 11.9 Å². The third-order valence-electron chi connectivity index (χ3n) is 5.33. The molecule has 2 unspecified atom stereocenters. The van der Waals surface area contributed by atoms with Crippen LogP contribution in [0.15, 0.2) is 12.1 Å². The lowest BCUT2D eigenvalue weighted by atomic mass is 9.92. The average Bonchev–Trinajstić information content (AvgIpc) is 3.18. The number of nitrogens with two attached hydrogens (primary N) is 2. The number of aryl methyl sites for hydroxylation is 1. The smallest absolute Gasteiger partial charge is 0.306 e. The second kappa shape index (κ2) is 9.73. The molecule has 0 radical (unpaired) electrons. The SMILES string of the molecule is Nc1nc(N)c2c(n1)NCC(CCc1ccc(C(=O)CC(CCC(=O)O)C(=O)O)s1)C2. The molecule has 166 valence electrons. The van der Waals surface area contributed by atoms with Crippen molar-refractivity contribution in [3.05, 3.63) is 27.5 Å². The zero-order valence-electron chi connectivity index (χ0n) is 16.8. The Labute approximate surface area is 182 Å². The molecule has 0 bridgehead atoms. The first-order chi connectivity index (χ1) is 14.7. The van der Waals surface area contributed by atoms with E-state index in [2.05, 4.69) is 15.3 Å². The zero-order chi connectivity index (χ0) is 22.5. The molecule has 2 aromatic rings. The number of aromatic nitrogens is 2. The number of carboxylic acids is 2. The van der Waals surface area contributed by atoms with E-state index in [4.69, 9.17) is 16.6 Å². The van der Waals surface area contributed by atoms with E-state index in [1.54, 1.807) is 6.07 Å². The summed E-state index contributed by atoms with van der Waals surface area (Å²) in [6.45, 7) is 0.740. The summed E-state index contributed by atoms with van der Waals surface area (Å²) < 4.78 is 0. The van der Waals surface area contributed by atoms with Gasteiger partial charge in [0, 0.05) is 29.8 Å². The van der Waals surface area contributed by atoms with Crippen LogP contribution < -0.4 is 16.8 Å². The number of hydrogen-bond acceptors (Lipinski definition) is 9. The summed E-state index contributed by atoms with van der Waals surface area (Å²) in [5.74, 6) is -1.95. The number of fused-ring (bicyclic) bond motifs is 1. The maximum Gasteiger partial charge on any atom is 0.306 e. The van der Waals surface area contributed by atoms with E-state index in [1.165, 1.54) is 11.3 Å². The number of nitrogens with zero attached hydrogens (tertiary/aromatic N) is 2. The zero-order valence-corrected chi connectivity index (χ0v) is 17.7. The van der Waals surface area contributed by atoms with E-state index in [1.807, 2.05) is 6.07 Å². The topological polar surface area (TPSA) is 182 Å². The Morgan fingerprint density at radius 3 is 2.71 bits per heavy atom. The van der Waals surface area contributed by atoms with Gasteiger partial charge in [-0.05, 0) is 43.7 Å². The van der Waals surface area contributed by atoms with Crippen LogP contribution in [0.2, 0.25) is 0 Å². The Kier molecular flexibility index (Phi) is 7.06. The number of anilines is 3. The molecule has 3 rings (SSSR count). The van der Waals surface area contributed by atoms with E-state index in [0.29, 0.717) is 22.4 Å². The third kappa shape index (κ3) is 5.91. The fourth-order valence-corrected chi connectivity index (χ4v) is 4.59. The minimum Gasteiger partial charge on any atom is -0.481 e. The molecule has 2 aromatic heterocycles. The van der Waals surface area contributed by atoms with Crippen molar-refractivity contribution < 1.29 is 24.6 Å². The second-order valence-corrected chi connectivity index (χ2v) is 8.81. The van der Waals surface area contributed by atoms with Gasteiger partial charge in [0.05, 0.1) is 10.8 Å². The molecule has 0 saturated heterocycles. The number of nitrogen functional groups attached to an aromatic ring is 2. The number of ketones is 1. The Balaban J connectivity index is 1.54. The monoisotopic (exact) mass is 447 g/mol. The van der Waals surface area contributed by atoms with Crippen LogP contribution in [0.1, 0.15) is 45.8 Å². The number of Topliss-reactive ketones (excluding diaryl/α,β-unsaturated/α-hetero) is 1. The van der Waals surface area contributed by atoms with Gasteiger partial charge in [-0.2, -0.15) is 9.97 Å². The maximum absolute atomic E-state index is 12.5. The van der Waals surface area contributed by atoms with Crippen molar-refractivity contribution in [1.82, 2.24) is 9.97 Å². The fraction of sp³-hybridized carbons (Fsp3) is 0.450. The first kappa shape index (κ1) is 22.5. The minimum atomic E-state index is -1.15. The highest BCUT2D eigenvalue weighted by molar-refractivity contribution is 7.14. The summed E-state index contributed by atoms with van der Waals surface area (Å²) in [6.07, 6.45) is 1.85. The molecular weight excluding hydrogens is 422 g/mol. The van der Waals surface area contributed by atoms with Crippen LogP contribution in [-0.2, 0) is 22.4 Å². The summed E-state index contributed by atoms with van der Waals surface area (Å²) >= 11 is 1.35. The molecule has 1 aliphatic rings. The highest BCUT2D eigenvalue weighted by atomic mass is 32.1. The predicted molar refractivity (Wildman–Crippen MR) is 116 cm³/mol. The van der Waals surface area contributed by atoms with E-state index < -0.39 is 17.9 Å². The molecule has 0 aromatic carbocycles. The molecule has 10 nitrogen and oxygen atoms in total. The predicted octanol–water partition coefficient (Wildman–Crippen LogP) is 2.06. The fourth-order valence-electron chi connectivity index (χ4n) is 3.62. The Morgan fingerprint density at radius 2 is 2.00 bits per heavy atom. The molecule has 11 heteroatoms. The van der Waals surface area contributed by atoms with Gasteiger partial charge in [-0.25, -0.2) is 0 Å². The van der Waals surface area contributed by atoms with Crippen LogP contribution in [0.25, 0.3) is 0 Å². The highest BCUT2D eigenvalue weighted by Crippen LogP contribution is 2.30. The minimum absolute atomic E-state index is 0.0662. The molecule has 0 spiro atoms. The Hall–Kier alpha value is -3.21. The van der Waals surface area contributed by atoms with Crippen molar-refractivity contribution in [2.75, 3.05) is 23.3 Å². The van der Waals surface area contributed by atoms with Gasteiger partial charge in [0.1, 0.15) is 11.6 Å². The third-order valence-corrected chi connectivity index (χ3v) is 6.52. The maximum atomic E-state index is 12.5. The van der Waals surface area contributed by atoms with Crippen molar-refractivity contribution in [2.45, 2.75) is 38.5 Å². The van der Waals surface area contributed by atoms with E-state index >= 15 is 0 Å². The van der Waals surface area contributed by atoms with Crippen molar-refractivity contribution in [2.24, 2.45) is 11.8 Å². The molecule has 1 aliphatic heterocycles. The van der Waals surface area contributed by atoms with E-state index in [9.17, 15) is 19.5 Å². The van der Waals surface area contributed by atoms with Gasteiger partial charge < -0.3 is 27.0 Å². The van der Waals surface area contributed by atoms with Gasteiger partial charge in [0.15, 0.2) is 5.78 Å². The lowest BCUT2D eigenvalue weighted by Crippen LogP contribution is -2.26. The number of nitrogens with one attached hydrogen (secondary N) is 1. The Morgan fingerprint density at radius 1 is 1.23 bits per heavy atom. The summed E-state index contributed by atoms with van der Waals surface area (Å²) in [6, 6.07) is 3.59. The van der Waals surface area contributed by atoms with Gasteiger partial charge in [0.2, 0.25) is 5.95 Å². The molecule has 0 saturated carbocycles. The summed E-state index contributed by atoms with van der Waals surface area (Å²) in [4.78, 5) is 44.2. The molecule has 0 fully saturated rings. The summed E-state index contributed by atoms with van der Waals surface area (Å²) in [7, 11) is 0. The lowest BCUT2D eigenvalue weighted by Gasteiger charge is -2.26. The van der Waals surface area contributed by atoms with Crippen molar-refractivity contribution in [1.29, 1.82) is 0 Å². The number of carbonyl (C=O) groups is 3. The molecule has 31 heavy (non-hydrogen) atoms. The lowest BCUT2D eigenvalue weighted by molar-refractivity contribution is -0.142. The van der Waals surface area contributed by atoms with Crippen LogP contribution in [0.5, 0.6) is 0 Å². The molecule has 0 amide bonds. The summed E-state index contributed by atoms with van der Waals surface area (Å²) in [5.41, 5.74) is 12.5. The van der Waals surface area contributed by atoms with E-state index in [-0.39, 0.29) is 31.0 Å².